The normalized spacial score (nSPS) is 17.4. The van der Waals surface area contributed by atoms with E-state index in [1.165, 1.54) is 5.56 Å². The van der Waals surface area contributed by atoms with Crippen molar-refractivity contribution in [1.29, 1.82) is 0 Å². The maximum Gasteiger partial charge on any atom is 0.174 e. The van der Waals surface area contributed by atoms with Crippen molar-refractivity contribution in [3.8, 4) is 11.4 Å². The van der Waals surface area contributed by atoms with Gasteiger partial charge in [0.05, 0.1) is 23.9 Å². The lowest BCUT2D eigenvalue weighted by Gasteiger charge is -2.28. The largest absolute Gasteiger partial charge is 0.491 e. The summed E-state index contributed by atoms with van der Waals surface area (Å²) in [5.41, 5.74) is 7.54. The lowest BCUT2D eigenvalue weighted by molar-refractivity contribution is 0.242. The Labute approximate surface area is 229 Å². The van der Waals surface area contributed by atoms with Crippen LogP contribution in [-0.2, 0) is 0 Å². The molecule has 4 aromatic rings. The number of nitrogens with one attached hydrogen (secondary N) is 1. The van der Waals surface area contributed by atoms with Gasteiger partial charge in [0, 0.05) is 34.0 Å². The van der Waals surface area contributed by atoms with Crippen molar-refractivity contribution in [1.82, 2.24) is 14.9 Å². The Balaban J connectivity index is 1.64. The van der Waals surface area contributed by atoms with Crippen LogP contribution in [0.25, 0.3) is 5.69 Å². The van der Waals surface area contributed by atoms with Crippen molar-refractivity contribution in [2.75, 3.05) is 4.90 Å². The number of aryl methyl sites for hydroxylation is 1. The van der Waals surface area contributed by atoms with Gasteiger partial charge in [-0.25, -0.2) is 0 Å². The average molecular weight is 531 g/mol. The Hall–Kier alpha value is -3.35. The Morgan fingerprint density at radius 3 is 2.43 bits per heavy atom. The molecule has 5 rings (SSSR count). The first-order valence-electron chi connectivity index (χ1n) is 12.5. The summed E-state index contributed by atoms with van der Waals surface area (Å²) in [4.78, 5) is 6.89. The zero-order valence-corrected chi connectivity index (χ0v) is 23.3. The van der Waals surface area contributed by atoms with E-state index < -0.39 is 0 Å². The molecule has 0 saturated carbocycles. The summed E-state index contributed by atoms with van der Waals surface area (Å²) in [6.45, 7) is 10.4. The highest BCUT2D eigenvalue weighted by Gasteiger charge is 2.42. The van der Waals surface area contributed by atoms with Crippen LogP contribution in [0.2, 0.25) is 5.02 Å². The standard InChI is InChI=1S/C30H31ClN4OS/c1-18(2)36-23-14-12-22(13-15-23)35-29(28(33-30(35)37)26-10-6-7-16-32-26)24-17-19(3)34(21(24)5)27-11-8-9-25(31)20(27)4/h6-18,28-29H,1-5H3,(H,33,37)/t28-,29-/m1/s1. The van der Waals surface area contributed by atoms with Crippen LogP contribution in [0, 0.1) is 20.8 Å². The number of ether oxygens (including phenoxy) is 1. The summed E-state index contributed by atoms with van der Waals surface area (Å²) in [5.74, 6) is 0.837. The minimum absolute atomic E-state index is 0.0984. The van der Waals surface area contributed by atoms with Gasteiger partial charge in [-0.2, -0.15) is 0 Å². The Bertz CT molecular complexity index is 1430. The summed E-state index contributed by atoms with van der Waals surface area (Å²) in [7, 11) is 0. The van der Waals surface area contributed by atoms with Gasteiger partial charge in [0.15, 0.2) is 5.11 Å². The summed E-state index contributed by atoms with van der Waals surface area (Å²) in [5, 5.41) is 4.99. The highest BCUT2D eigenvalue weighted by Crippen LogP contribution is 2.44. The molecule has 3 heterocycles. The van der Waals surface area contributed by atoms with E-state index in [4.69, 9.17) is 33.5 Å². The number of hydrogen-bond acceptors (Lipinski definition) is 3. The van der Waals surface area contributed by atoms with E-state index in [-0.39, 0.29) is 18.2 Å². The smallest absolute Gasteiger partial charge is 0.174 e. The molecule has 0 spiro atoms. The molecule has 2 aromatic carbocycles. The number of halogens is 1. The monoisotopic (exact) mass is 530 g/mol. The molecule has 37 heavy (non-hydrogen) atoms. The van der Waals surface area contributed by atoms with E-state index in [1.807, 2.05) is 56.4 Å². The SMILES string of the molecule is Cc1c(Cl)cccc1-n1c(C)cc([C@@H]2[C@@H](c3ccccn3)NC(=S)N2c2ccc(OC(C)C)cc2)c1C. The van der Waals surface area contributed by atoms with Gasteiger partial charge in [-0.1, -0.05) is 23.7 Å². The molecule has 5 nitrogen and oxygen atoms in total. The molecule has 0 unspecified atom stereocenters. The summed E-state index contributed by atoms with van der Waals surface area (Å²) < 4.78 is 8.16. The van der Waals surface area contributed by atoms with E-state index in [1.54, 1.807) is 0 Å². The first-order chi connectivity index (χ1) is 17.8. The number of rotatable bonds is 6. The summed E-state index contributed by atoms with van der Waals surface area (Å²) >= 11 is 12.4. The Morgan fingerprint density at radius 2 is 1.76 bits per heavy atom. The maximum atomic E-state index is 6.50. The number of hydrogen-bond donors (Lipinski definition) is 1. The number of benzene rings is 2. The van der Waals surface area contributed by atoms with Gasteiger partial charge in [-0.3, -0.25) is 4.98 Å². The second-order valence-corrected chi connectivity index (χ2v) is 10.5. The molecule has 1 N–H and O–H groups in total. The molecular weight excluding hydrogens is 500 g/mol. The van der Waals surface area contributed by atoms with Crippen molar-refractivity contribution < 1.29 is 4.74 Å². The number of aromatic nitrogens is 2. The van der Waals surface area contributed by atoms with Gasteiger partial charge in [0.2, 0.25) is 0 Å². The number of thiocarbonyl (C=S) groups is 1. The van der Waals surface area contributed by atoms with E-state index in [0.717, 1.165) is 44.8 Å². The van der Waals surface area contributed by atoms with Crippen molar-refractivity contribution in [3.05, 3.63) is 106 Å². The van der Waals surface area contributed by atoms with Crippen LogP contribution in [-0.4, -0.2) is 20.8 Å². The number of nitrogens with zero attached hydrogens (tertiary/aromatic N) is 3. The first kappa shape index (κ1) is 25.3. The van der Waals surface area contributed by atoms with Crippen molar-refractivity contribution in [2.24, 2.45) is 0 Å². The second kappa shape index (κ2) is 10.2. The zero-order valence-electron chi connectivity index (χ0n) is 21.7. The fourth-order valence-electron chi connectivity index (χ4n) is 5.20. The third-order valence-electron chi connectivity index (χ3n) is 6.85. The molecule has 0 bridgehead atoms. The highest BCUT2D eigenvalue weighted by atomic mass is 35.5. The quantitative estimate of drug-likeness (QED) is 0.263. The van der Waals surface area contributed by atoms with Gasteiger partial charge in [-0.15, -0.1) is 0 Å². The van der Waals surface area contributed by atoms with Crippen molar-refractivity contribution in [2.45, 2.75) is 52.8 Å². The molecule has 0 aliphatic carbocycles. The van der Waals surface area contributed by atoms with Crippen LogP contribution >= 0.6 is 23.8 Å². The van der Waals surface area contributed by atoms with E-state index >= 15 is 0 Å². The van der Waals surface area contributed by atoms with Crippen LogP contribution in [0.15, 0.2) is 72.9 Å². The molecule has 1 aliphatic heterocycles. The molecule has 2 aromatic heterocycles. The molecule has 0 amide bonds. The molecule has 2 atom stereocenters. The van der Waals surface area contributed by atoms with Crippen LogP contribution in [0.3, 0.4) is 0 Å². The fourth-order valence-corrected chi connectivity index (χ4v) is 5.72. The predicted octanol–water partition coefficient (Wildman–Crippen LogP) is 7.42. The minimum atomic E-state index is -0.116. The molecule has 7 heteroatoms. The van der Waals surface area contributed by atoms with Crippen LogP contribution in [0.1, 0.15) is 54.1 Å². The van der Waals surface area contributed by atoms with Gasteiger partial charge < -0.3 is 19.5 Å². The first-order valence-corrected chi connectivity index (χ1v) is 13.3. The lowest BCUT2D eigenvalue weighted by Crippen LogP contribution is -2.29. The molecule has 0 radical (unpaired) electrons. The molecule has 1 fully saturated rings. The average Bonchev–Trinajstić information content (AvgIpc) is 3.37. The van der Waals surface area contributed by atoms with Gasteiger partial charge >= 0.3 is 0 Å². The second-order valence-electron chi connectivity index (χ2n) is 9.70. The Morgan fingerprint density at radius 1 is 1.00 bits per heavy atom. The Kier molecular flexibility index (Phi) is 6.97. The highest BCUT2D eigenvalue weighted by molar-refractivity contribution is 7.80. The molecule has 190 valence electrons. The topological polar surface area (TPSA) is 42.3 Å². The van der Waals surface area contributed by atoms with Crippen molar-refractivity contribution in [3.63, 3.8) is 0 Å². The van der Waals surface area contributed by atoms with Gasteiger partial charge in [0.25, 0.3) is 0 Å². The third-order valence-corrected chi connectivity index (χ3v) is 7.58. The summed E-state index contributed by atoms with van der Waals surface area (Å²) in [6.07, 6.45) is 1.94. The lowest BCUT2D eigenvalue weighted by atomic mass is 9.96. The predicted molar refractivity (Wildman–Crippen MR) is 155 cm³/mol. The van der Waals surface area contributed by atoms with E-state index in [0.29, 0.717) is 5.11 Å². The zero-order chi connectivity index (χ0) is 26.3. The molecule has 1 saturated heterocycles. The van der Waals surface area contributed by atoms with Gasteiger partial charge in [0.1, 0.15) is 5.75 Å². The van der Waals surface area contributed by atoms with Crippen LogP contribution < -0.4 is 15.0 Å². The third kappa shape index (κ3) is 4.72. The fraction of sp³-hybridized carbons (Fsp3) is 0.267. The van der Waals surface area contributed by atoms with E-state index in [2.05, 4.69) is 65.9 Å². The van der Waals surface area contributed by atoms with Crippen LogP contribution in [0.5, 0.6) is 5.75 Å². The van der Waals surface area contributed by atoms with Crippen molar-refractivity contribution >= 4 is 34.6 Å². The number of anilines is 1. The minimum Gasteiger partial charge on any atom is -0.491 e. The molecule has 1 aliphatic rings. The van der Waals surface area contributed by atoms with Gasteiger partial charge in [-0.05, 0) is 113 Å². The van der Waals surface area contributed by atoms with Crippen LogP contribution in [0.4, 0.5) is 5.69 Å². The van der Waals surface area contributed by atoms with E-state index in [9.17, 15) is 0 Å². The number of pyridine rings is 1. The summed E-state index contributed by atoms with van der Waals surface area (Å²) in [6, 6.07) is 22.2. The molecular formula is C30H31ClN4OS. The maximum absolute atomic E-state index is 6.50.